The third-order valence-corrected chi connectivity index (χ3v) is 6.11. The van der Waals surface area contributed by atoms with Gasteiger partial charge in [-0.05, 0) is 66.3 Å². The fraction of sp³-hybridized carbons (Fsp3) is 0.414. The lowest BCUT2D eigenvalue weighted by Gasteiger charge is -2.17. The number of hydrogen-bond acceptors (Lipinski definition) is 5. The van der Waals surface area contributed by atoms with Crippen molar-refractivity contribution in [3.63, 3.8) is 0 Å². The number of anilines is 2. The van der Waals surface area contributed by atoms with E-state index in [-0.39, 0.29) is 11.8 Å². The van der Waals surface area contributed by atoms with Crippen LogP contribution in [0.25, 0.3) is 0 Å². The second kappa shape index (κ2) is 13.5. The van der Waals surface area contributed by atoms with E-state index in [2.05, 4.69) is 48.3 Å². The summed E-state index contributed by atoms with van der Waals surface area (Å²) >= 11 is 0. The maximum atomic E-state index is 12.7. The summed E-state index contributed by atoms with van der Waals surface area (Å²) in [4.78, 5) is 21.5. The number of hydrogen-bond donors (Lipinski definition) is 2. The van der Waals surface area contributed by atoms with Gasteiger partial charge in [-0.15, -0.1) is 0 Å². The lowest BCUT2D eigenvalue weighted by atomic mass is 9.97. The van der Waals surface area contributed by atoms with Crippen molar-refractivity contribution < 1.29 is 9.53 Å². The molecule has 35 heavy (non-hydrogen) atoms. The van der Waals surface area contributed by atoms with Gasteiger partial charge in [0.25, 0.3) is 5.91 Å². The highest BCUT2D eigenvalue weighted by molar-refractivity contribution is 5.92. The second-order valence-corrected chi connectivity index (χ2v) is 9.15. The Bertz CT molecular complexity index is 1070. The topological polar surface area (TPSA) is 76.1 Å². The molecule has 0 saturated carbocycles. The van der Waals surface area contributed by atoms with Gasteiger partial charge >= 0.3 is 0 Å². The van der Waals surface area contributed by atoms with Crippen molar-refractivity contribution in [2.45, 2.75) is 65.9 Å². The molecule has 2 N–H and O–H groups in total. The zero-order valence-electron chi connectivity index (χ0n) is 21.4. The molecule has 0 saturated heterocycles. The van der Waals surface area contributed by atoms with E-state index in [1.165, 1.54) is 12.8 Å². The van der Waals surface area contributed by atoms with Gasteiger partial charge < -0.3 is 15.4 Å². The summed E-state index contributed by atoms with van der Waals surface area (Å²) in [6.07, 6.45) is 6.29. The number of rotatable bonds is 13. The number of ether oxygens (including phenoxy) is 1. The van der Waals surface area contributed by atoms with Crippen molar-refractivity contribution >= 4 is 17.4 Å². The van der Waals surface area contributed by atoms with E-state index in [1.54, 1.807) is 12.3 Å². The summed E-state index contributed by atoms with van der Waals surface area (Å²) in [6, 6.07) is 17.3. The van der Waals surface area contributed by atoms with Crippen LogP contribution in [0.15, 0.2) is 60.8 Å². The molecule has 1 amide bonds. The van der Waals surface area contributed by atoms with E-state index in [1.807, 2.05) is 48.5 Å². The van der Waals surface area contributed by atoms with Crippen LogP contribution in [-0.4, -0.2) is 22.4 Å². The first-order valence-electron chi connectivity index (χ1n) is 12.7. The molecule has 6 nitrogen and oxygen atoms in total. The van der Waals surface area contributed by atoms with Gasteiger partial charge in [0.2, 0.25) is 0 Å². The van der Waals surface area contributed by atoms with E-state index >= 15 is 0 Å². The molecule has 3 aromatic rings. The summed E-state index contributed by atoms with van der Waals surface area (Å²) in [5.41, 5.74) is 3.36. The molecule has 1 aromatic carbocycles. The standard InChI is InChI=1S/C29H38N4O2/c1-5-10-22(6-2)16-18-31-29(34)27-12-9-13-28(33-27)32-26-15-14-24(19-25(26)21(3)4)35-20-23-11-7-8-17-30-23/h7-9,11-15,17,19,21-22H,5-6,10,16,18,20H2,1-4H3,(H,31,34)(H,32,33). The molecule has 0 aliphatic rings. The summed E-state index contributed by atoms with van der Waals surface area (Å²) < 4.78 is 5.96. The number of nitrogens with one attached hydrogen (secondary N) is 2. The Morgan fingerprint density at radius 3 is 2.60 bits per heavy atom. The SMILES string of the molecule is CCCC(CC)CCNC(=O)c1cccc(Nc2ccc(OCc3ccccn3)cc2C(C)C)n1. The Morgan fingerprint density at radius 2 is 1.89 bits per heavy atom. The summed E-state index contributed by atoms with van der Waals surface area (Å²) in [5.74, 6) is 2.23. The van der Waals surface area contributed by atoms with Gasteiger partial charge in [0.15, 0.2) is 0 Å². The predicted molar refractivity (Wildman–Crippen MR) is 142 cm³/mol. The Morgan fingerprint density at radius 1 is 1.03 bits per heavy atom. The number of carbonyl (C=O) groups excluding carboxylic acids is 1. The first-order chi connectivity index (χ1) is 17.0. The van der Waals surface area contributed by atoms with Crippen LogP contribution in [0.4, 0.5) is 11.5 Å². The predicted octanol–water partition coefficient (Wildman–Crippen LogP) is 6.87. The average Bonchev–Trinajstić information content (AvgIpc) is 2.88. The zero-order chi connectivity index (χ0) is 25.0. The van der Waals surface area contributed by atoms with Crippen LogP contribution in [0, 0.1) is 5.92 Å². The first kappa shape index (κ1) is 26.2. The Hall–Kier alpha value is -3.41. The van der Waals surface area contributed by atoms with E-state index in [0.717, 1.165) is 35.5 Å². The molecule has 1 unspecified atom stereocenters. The molecule has 186 valence electrons. The molecule has 0 radical (unpaired) electrons. The highest BCUT2D eigenvalue weighted by Gasteiger charge is 2.13. The largest absolute Gasteiger partial charge is 0.487 e. The summed E-state index contributed by atoms with van der Waals surface area (Å²) in [5, 5.41) is 6.42. The third kappa shape index (κ3) is 8.09. The van der Waals surface area contributed by atoms with Gasteiger partial charge in [0.1, 0.15) is 23.9 Å². The monoisotopic (exact) mass is 474 g/mol. The summed E-state index contributed by atoms with van der Waals surface area (Å²) in [6.45, 7) is 9.79. The number of carbonyl (C=O) groups is 1. The van der Waals surface area contributed by atoms with Gasteiger partial charge in [0, 0.05) is 18.4 Å². The molecule has 0 bridgehead atoms. The van der Waals surface area contributed by atoms with Crippen molar-refractivity contribution in [3.05, 3.63) is 77.7 Å². The van der Waals surface area contributed by atoms with E-state index in [4.69, 9.17) is 4.74 Å². The van der Waals surface area contributed by atoms with Crippen LogP contribution < -0.4 is 15.4 Å². The number of aromatic nitrogens is 2. The highest BCUT2D eigenvalue weighted by atomic mass is 16.5. The molecule has 2 heterocycles. The maximum Gasteiger partial charge on any atom is 0.269 e. The van der Waals surface area contributed by atoms with Crippen molar-refractivity contribution in [3.8, 4) is 5.75 Å². The van der Waals surface area contributed by atoms with Crippen LogP contribution in [0.2, 0.25) is 0 Å². The smallest absolute Gasteiger partial charge is 0.269 e. The number of amides is 1. The minimum Gasteiger partial charge on any atom is -0.487 e. The van der Waals surface area contributed by atoms with Crippen LogP contribution in [0.3, 0.4) is 0 Å². The van der Waals surface area contributed by atoms with Crippen molar-refractivity contribution in [1.29, 1.82) is 0 Å². The first-order valence-corrected chi connectivity index (χ1v) is 12.7. The lowest BCUT2D eigenvalue weighted by molar-refractivity contribution is 0.0946. The summed E-state index contributed by atoms with van der Waals surface area (Å²) in [7, 11) is 0. The zero-order valence-corrected chi connectivity index (χ0v) is 21.4. The van der Waals surface area contributed by atoms with Crippen LogP contribution in [0.1, 0.15) is 81.0 Å². The van der Waals surface area contributed by atoms with E-state index < -0.39 is 0 Å². The second-order valence-electron chi connectivity index (χ2n) is 9.15. The lowest BCUT2D eigenvalue weighted by Crippen LogP contribution is -2.26. The van der Waals surface area contributed by atoms with Crippen LogP contribution in [0.5, 0.6) is 5.75 Å². The molecule has 3 rings (SSSR count). The average molecular weight is 475 g/mol. The Balaban J connectivity index is 1.64. The fourth-order valence-corrected chi connectivity index (χ4v) is 4.07. The number of pyridine rings is 2. The Kier molecular flexibility index (Phi) is 10.1. The minimum absolute atomic E-state index is 0.137. The fourth-order valence-electron chi connectivity index (χ4n) is 4.07. The van der Waals surface area contributed by atoms with Crippen LogP contribution >= 0.6 is 0 Å². The van der Waals surface area contributed by atoms with Crippen molar-refractivity contribution in [1.82, 2.24) is 15.3 Å². The van der Waals surface area contributed by atoms with E-state index in [0.29, 0.717) is 30.6 Å². The molecule has 1 atom stereocenters. The molecule has 0 spiro atoms. The molecule has 2 aromatic heterocycles. The Labute approximate surface area is 209 Å². The van der Waals surface area contributed by atoms with Crippen molar-refractivity contribution in [2.75, 3.05) is 11.9 Å². The number of nitrogens with zero attached hydrogens (tertiary/aromatic N) is 2. The highest BCUT2D eigenvalue weighted by Crippen LogP contribution is 2.31. The van der Waals surface area contributed by atoms with Gasteiger partial charge in [-0.1, -0.05) is 59.1 Å². The normalized spacial score (nSPS) is 11.8. The van der Waals surface area contributed by atoms with Crippen LogP contribution in [-0.2, 0) is 6.61 Å². The molecular formula is C29H38N4O2. The van der Waals surface area contributed by atoms with Gasteiger partial charge in [0.05, 0.1) is 5.69 Å². The van der Waals surface area contributed by atoms with Gasteiger partial charge in [-0.3, -0.25) is 9.78 Å². The third-order valence-electron chi connectivity index (χ3n) is 6.11. The molecule has 6 heteroatoms. The molecule has 0 fully saturated rings. The molecule has 0 aliphatic heterocycles. The molecular weight excluding hydrogens is 436 g/mol. The quantitative estimate of drug-likeness (QED) is 0.283. The maximum absolute atomic E-state index is 12.7. The van der Waals surface area contributed by atoms with Crippen molar-refractivity contribution in [2.24, 2.45) is 5.92 Å². The van der Waals surface area contributed by atoms with E-state index in [9.17, 15) is 4.79 Å². The van der Waals surface area contributed by atoms with Gasteiger partial charge in [-0.25, -0.2) is 4.98 Å². The number of benzene rings is 1. The molecule has 0 aliphatic carbocycles. The minimum atomic E-state index is -0.137. The van der Waals surface area contributed by atoms with Gasteiger partial charge in [-0.2, -0.15) is 0 Å².